The molecule has 3 heterocycles. The van der Waals surface area contributed by atoms with E-state index >= 15 is 0 Å². The SMILES string of the molecule is OCC1C[C@H]2CC[C@@H](C1)N2Cc1ccc2c(c1)OCCO2. The summed E-state index contributed by atoms with van der Waals surface area (Å²) >= 11 is 0. The first kappa shape index (κ1) is 13.4. The molecule has 21 heavy (non-hydrogen) atoms. The van der Waals surface area contributed by atoms with Crippen LogP contribution < -0.4 is 9.47 Å². The van der Waals surface area contributed by atoms with Crippen LogP contribution in [0.5, 0.6) is 11.5 Å². The van der Waals surface area contributed by atoms with Gasteiger partial charge < -0.3 is 14.6 Å². The van der Waals surface area contributed by atoms with Crippen molar-refractivity contribution in [2.24, 2.45) is 5.92 Å². The summed E-state index contributed by atoms with van der Waals surface area (Å²) in [7, 11) is 0. The molecule has 2 fully saturated rings. The average Bonchev–Trinajstić information content (AvgIpc) is 2.76. The first-order chi connectivity index (χ1) is 10.3. The molecule has 2 bridgehead atoms. The molecule has 4 rings (SSSR count). The second kappa shape index (κ2) is 5.50. The van der Waals surface area contributed by atoms with E-state index in [2.05, 4.69) is 17.0 Å². The molecule has 1 N–H and O–H groups in total. The fourth-order valence-electron chi connectivity index (χ4n) is 4.19. The predicted octanol–water partition coefficient (Wildman–Crippen LogP) is 2.19. The topological polar surface area (TPSA) is 41.9 Å². The van der Waals surface area contributed by atoms with Crippen LogP contribution in [0.4, 0.5) is 0 Å². The number of nitrogens with zero attached hydrogens (tertiary/aromatic N) is 1. The van der Waals surface area contributed by atoms with Crippen LogP contribution in [0.3, 0.4) is 0 Å². The number of rotatable bonds is 3. The Hall–Kier alpha value is -1.26. The summed E-state index contributed by atoms with van der Waals surface area (Å²) in [5, 5.41) is 9.41. The minimum absolute atomic E-state index is 0.352. The van der Waals surface area contributed by atoms with E-state index in [-0.39, 0.29) is 0 Å². The molecular weight excluding hydrogens is 266 g/mol. The molecule has 3 atom stereocenters. The Bertz CT molecular complexity index is 505. The van der Waals surface area contributed by atoms with Gasteiger partial charge in [0.2, 0.25) is 0 Å². The van der Waals surface area contributed by atoms with Gasteiger partial charge in [-0.2, -0.15) is 0 Å². The molecule has 0 amide bonds. The maximum absolute atomic E-state index is 9.41. The highest BCUT2D eigenvalue weighted by molar-refractivity contribution is 5.43. The van der Waals surface area contributed by atoms with Crippen molar-refractivity contribution in [3.8, 4) is 11.5 Å². The molecule has 0 radical (unpaired) electrons. The van der Waals surface area contributed by atoms with E-state index in [9.17, 15) is 5.11 Å². The van der Waals surface area contributed by atoms with Crippen molar-refractivity contribution in [3.05, 3.63) is 23.8 Å². The van der Waals surface area contributed by atoms with Crippen molar-refractivity contribution in [2.45, 2.75) is 44.3 Å². The van der Waals surface area contributed by atoms with Gasteiger partial charge in [0.25, 0.3) is 0 Å². The van der Waals surface area contributed by atoms with Gasteiger partial charge in [-0.3, -0.25) is 4.90 Å². The lowest BCUT2D eigenvalue weighted by Crippen LogP contribution is -2.43. The van der Waals surface area contributed by atoms with E-state index in [4.69, 9.17) is 9.47 Å². The quantitative estimate of drug-likeness (QED) is 0.926. The van der Waals surface area contributed by atoms with Crippen molar-refractivity contribution in [2.75, 3.05) is 19.8 Å². The molecular formula is C17H23NO3. The van der Waals surface area contributed by atoms with Gasteiger partial charge in [0.05, 0.1) is 0 Å². The fraction of sp³-hybridized carbons (Fsp3) is 0.647. The molecule has 4 heteroatoms. The van der Waals surface area contributed by atoms with Gasteiger partial charge in [-0.15, -0.1) is 0 Å². The zero-order valence-electron chi connectivity index (χ0n) is 12.3. The maximum Gasteiger partial charge on any atom is 0.161 e. The molecule has 1 aromatic rings. The number of hydrogen-bond donors (Lipinski definition) is 1. The third kappa shape index (κ3) is 2.51. The molecule has 0 aromatic heterocycles. The van der Waals surface area contributed by atoms with E-state index in [1.54, 1.807) is 0 Å². The third-order valence-corrected chi connectivity index (χ3v) is 5.21. The van der Waals surface area contributed by atoms with Crippen molar-refractivity contribution in [1.82, 2.24) is 4.90 Å². The molecule has 0 saturated carbocycles. The summed E-state index contributed by atoms with van der Waals surface area (Å²) in [6, 6.07) is 7.62. The van der Waals surface area contributed by atoms with Gasteiger partial charge in [0.15, 0.2) is 11.5 Å². The Morgan fingerprint density at radius 2 is 1.76 bits per heavy atom. The molecule has 0 spiro atoms. The number of benzene rings is 1. The molecule has 1 unspecified atom stereocenters. The highest BCUT2D eigenvalue weighted by Crippen LogP contribution is 2.40. The Morgan fingerprint density at radius 3 is 2.48 bits per heavy atom. The number of piperidine rings is 1. The van der Waals surface area contributed by atoms with Gasteiger partial charge in [0, 0.05) is 25.2 Å². The monoisotopic (exact) mass is 289 g/mol. The molecule has 2 saturated heterocycles. The van der Waals surface area contributed by atoms with Crippen LogP contribution >= 0.6 is 0 Å². The van der Waals surface area contributed by atoms with Gasteiger partial charge in [-0.1, -0.05) is 6.07 Å². The molecule has 4 nitrogen and oxygen atoms in total. The van der Waals surface area contributed by atoms with E-state index in [0.29, 0.717) is 37.8 Å². The highest BCUT2D eigenvalue weighted by atomic mass is 16.6. The van der Waals surface area contributed by atoms with Crippen molar-refractivity contribution in [1.29, 1.82) is 0 Å². The lowest BCUT2D eigenvalue weighted by molar-refractivity contribution is 0.0682. The van der Waals surface area contributed by atoms with Gasteiger partial charge in [0.1, 0.15) is 13.2 Å². The number of hydrogen-bond acceptors (Lipinski definition) is 4. The van der Waals surface area contributed by atoms with Crippen molar-refractivity contribution < 1.29 is 14.6 Å². The summed E-state index contributed by atoms with van der Waals surface area (Å²) in [6.45, 7) is 2.63. The molecule has 0 aliphatic carbocycles. The van der Waals surface area contributed by atoms with Crippen LogP contribution in [0.15, 0.2) is 18.2 Å². The van der Waals surface area contributed by atoms with E-state index < -0.39 is 0 Å². The van der Waals surface area contributed by atoms with E-state index in [1.807, 2.05) is 6.07 Å². The average molecular weight is 289 g/mol. The Labute approximate surface area is 125 Å². The molecule has 3 aliphatic heterocycles. The van der Waals surface area contributed by atoms with Crippen LogP contribution in [0.2, 0.25) is 0 Å². The van der Waals surface area contributed by atoms with Crippen LogP contribution in [-0.4, -0.2) is 41.9 Å². The summed E-state index contributed by atoms with van der Waals surface area (Å²) in [6.07, 6.45) is 4.87. The summed E-state index contributed by atoms with van der Waals surface area (Å²) < 4.78 is 11.3. The number of ether oxygens (including phenoxy) is 2. The normalized spacial score (nSPS) is 31.4. The number of aliphatic hydroxyl groups excluding tert-OH is 1. The minimum atomic E-state index is 0.352. The Balaban J connectivity index is 1.49. The van der Waals surface area contributed by atoms with Crippen molar-refractivity contribution >= 4 is 0 Å². The lowest BCUT2D eigenvalue weighted by atomic mass is 9.91. The number of aliphatic hydroxyl groups is 1. The van der Waals surface area contributed by atoms with Gasteiger partial charge in [-0.25, -0.2) is 0 Å². The second-order valence-electron chi connectivity index (χ2n) is 6.56. The van der Waals surface area contributed by atoms with Gasteiger partial charge >= 0.3 is 0 Å². The first-order valence-corrected chi connectivity index (χ1v) is 8.08. The molecule has 114 valence electrons. The van der Waals surface area contributed by atoms with Crippen LogP contribution in [-0.2, 0) is 6.54 Å². The molecule has 3 aliphatic rings. The van der Waals surface area contributed by atoms with Gasteiger partial charge in [-0.05, 0) is 49.3 Å². The predicted molar refractivity (Wildman–Crippen MR) is 79.6 cm³/mol. The lowest BCUT2D eigenvalue weighted by Gasteiger charge is -2.38. The smallest absolute Gasteiger partial charge is 0.161 e. The zero-order valence-corrected chi connectivity index (χ0v) is 12.3. The fourth-order valence-corrected chi connectivity index (χ4v) is 4.19. The van der Waals surface area contributed by atoms with Crippen LogP contribution in [0.25, 0.3) is 0 Å². The van der Waals surface area contributed by atoms with E-state index in [0.717, 1.165) is 30.9 Å². The zero-order chi connectivity index (χ0) is 14.2. The summed E-state index contributed by atoms with van der Waals surface area (Å²) in [4.78, 5) is 2.64. The highest BCUT2D eigenvalue weighted by Gasteiger charge is 2.40. The number of fused-ring (bicyclic) bond motifs is 3. The second-order valence-corrected chi connectivity index (χ2v) is 6.56. The van der Waals surface area contributed by atoms with Crippen molar-refractivity contribution in [3.63, 3.8) is 0 Å². The maximum atomic E-state index is 9.41. The molecule has 1 aromatic carbocycles. The van der Waals surface area contributed by atoms with Crippen LogP contribution in [0.1, 0.15) is 31.2 Å². The third-order valence-electron chi connectivity index (χ3n) is 5.21. The first-order valence-electron chi connectivity index (χ1n) is 8.08. The largest absolute Gasteiger partial charge is 0.486 e. The Morgan fingerprint density at radius 1 is 1.05 bits per heavy atom. The van der Waals surface area contributed by atoms with E-state index in [1.165, 1.54) is 18.4 Å². The summed E-state index contributed by atoms with van der Waals surface area (Å²) in [5.74, 6) is 2.27. The Kier molecular flexibility index (Phi) is 3.51. The van der Waals surface area contributed by atoms with Crippen LogP contribution in [0, 0.1) is 5.92 Å². The summed E-state index contributed by atoms with van der Waals surface area (Å²) in [5.41, 5.74) is 1.30. The minimum Gasteiger partial charge on any atom is -0.486 e. The standard InChI is InChI=1S/C17H23NO3/c19-11-13-7-14-2-3-15(8-13)18(14)10-12-1-4-16-17(9-12)21-6-5-20-16/h1,4,9,13-15,19H,2-3,5-8,10-11H2/t13?,14-,15+.